The van der Waals surface area contributed by atoms with Crippen molar-refractivity contribution in [1.29, 1.82) is 0 Å². The van der Waals surface area contributed by atoms with Crippen LogP contribution in [0.5, 0.6) is 5.88 Å². The van der Waals surface area contributed by atoms with Crippen molar-refractivity contribution in [3.63, 3.8) is 0 Å². The fraction of sp³-hybridized carbons (Fsp3) is 0. The summed E-state index contributed by atoms with van der Waals surface area (Å²) in [6.45, 7) is 0. The molecule has 2 aromatic carbocycles. The van der Waals surface area contributed by atoms with Gasteiger partial charge < -0.3 is 5.11 Å². The van der Waals surface area contributed by atoms with Gasteiger partial charge in [-0.05, 0) is 36.4 Å². The average Bonchev–Trinajstić information content (AvgIpc) is 3.05. The third-order valence-electron chi connectivity index (χ3n) is 3.84. The number of aromatic nitrogens is 1. The van der Waals surface area contributed by atoms with E-state index in [0.29, 0.717) is 21.9 Å². The predicted molar refractivity (Wildman–Crippen MR) is 99.0 cm³/mol. The van der Waals surface area contributed by atoms with Crippen LogP contribution >= 0.6 is 38.9 Å². The second kappa shape index (κ2) is 6.15. The summed E-state index contributed by atoms with van der Waals surface area (Å²) in [4.78, 5) is 28.3. The van der Waals surface area contributed by atoms with Crippen molar-refractivity contribution in [2.75, 3.05) is 0 Å². The van der Waals surface area contributed by atoms with Gasteiger partial charge in [-0.1, -0.05) is 38.9 Å². The van der Waals surface area contributed by atoms with Crippen molar-refractivity contribution in [1.82, 2.24) is 4.57 Å². The molecule has 0 aliphatic carbocycles. The van der Waals surface area contributed by atoms with E-state index in [1.807, 2.05) is 0 Å². The van der Waals surface area contributed by atoms with Crippen LogP contribution in [0.15, 0.2) is 50.7 Å². The molecule has 3 aromatic rings. The van der Waals surface area contributed by atoms with E-state index >= 15 is 0 Å². The number of hydrogen-bond acceptors (Lipinski definition) is 4. The fourth-order valence-corrected chi connectivity index (χ4v) is 4.16. The molecule has 1 N–H and O–H groups in total. The van der Waals surface area contributed by atoms with Crippen LogP contribution in [0.4, 0.5) is 4.39 Å². The Kier molecular flexibility index (Phi) is 4.06. The number of aromatic hydroxyl groups is 1. The van der Waals surface area contributed by atoms with Crippen molar-refractivity contribution in [3.05, 3.63) is 76.8 Å². The molecule has 0 spiro atoms. The molecule has 0 unspecified atom stereocenters. The zero-order valence-electron chi connectivity index (χ0n) is 12.7. The van der Waals surface area contributed by atoms with Crippen LogP contribution < -0.4 is 15.4 Å². The van der Waals surface area contributed by atoms with Crippen molar-refractivity contribution < 1.29 is 14.3 Å². The van der Waals surface area contributed by atoms with Gasteiger partial charge in [-0.25, -0.2) is 13.9 Å². The minimum atomic E-state index is -0.642. The summed E-state index contributed by atoms with van der Waals surface area (Å²) in [5, 5.41) is 11.4. The molecular formula is C17H7BrClFN2O3S. The summed E-state index contributed by atoms with van der Waals surface area (Å²) in [5.41, 5.74) is 0.340. The molecule has 1 amide bonds. The number of thiazole rings is 1. The molecule has 0 radical (unpaired) electrons. The van der Waals surface area contributed by atoms with Gasteiger partial charge in [0.25, 0.3) is 5.91 Å². The highest BCUT2D eigenvalue weighted by Crippen LogP contribution is 2.31. The number of amides is 1. The molecule has 0 bridgehead atoms. The van der Waals surface area contributed by atoms with Crippen LogP contribution in [0.3, 0.4) is 0 Å². The zero-order valence-corrected chi connectivity index (χ0v) is 15.8. The minimum Gasteiger partial charge on any atom is -0.493 e. The Morgan fingerprint density at radius 3 is 2.69 bits per heavy atom. The van der Waals surface area contributed by atoms with E-state index in [1.165, 1.54) is 12.1 Å². The van der Waals surface area contributed by atoms with E-state index in [1.54, 1.807) is 18.2 Å². The Labute approximate surface area is 162 Å². The highest BCUT2D eigenvalue weighted by molar-refractivity contribution is 9.10. The molecule has 26 heavy (non-hydrogen) atoms. The third kappa shape index (κ3) is 2.61. The lowest BCUT2D eigenvalue weighted by atomic mass is 10.1. The first-order chi connectivity index (χ1) is 12.4. The Morgan fingerprint density at radius 2 is 1.96 bits per heavy atom. The number of carbonyl (C=O) groups is 1. The first kappa shape index (κ1) is 17.1. The predicted octanol–water partition coefficient (Wildman–Crippen LogP) is 2.52. The first-order valence-corrected chi connectivity index (χ1v) is 9.19. The quantitative estimate of drug-likeness (QED) is 0.648. The number of nitrogens with zero attached hydrogens (tertiary/aromatic N) is 2. The van der Waals surface area contributed by atoms with Crippen molar-refractivity contribution >= 4 is 50.3 Å². The summed E-state index contributed by atoms with van der Waals surface area (Å²) in [6.07, 6.45) is 0. The standard InChI is InChI=1S/C17H7BrClFN2O3S/c18-7-1-4-12-9(5-7)13(15(23)21-12)14-16(24)22(17(25)26-14)8-2-3-11(20)10(19)6-8/h1-6,24H. The van der Waals surface area contributed by atoms with Gasteiger partial charge >= 0.3 is 4.87 Å². The normalized spacial score (nSPS) is 13.0. The number of rotatable bonds is 2. The Morgan fingerprint density at radius 1 is 1.19 bits per heavy atom. The molecule has 5 nitrogen and oxygen atoms in total. The van der Waals surface area contributed by atoms with Crippen LogP contribution in [0.2, 0.25) is 5.02 Å². The van der Waals surface area contributed by atoms with Gasteiger partial charge in [0.2, 0.25) is 5.88 Å². The number of halogens is 3. The number of benzene rings is 2. The molecule has 0 saturated heterocycles. The van der Waals surface area contributed by atoms with Gasteiger partial charge in [-0.15, -0.1) is 0 Å². The van der Waals surface area contributed by atoms with Gasteiger partial charge in [-0.2, -0.15) is 0 Å². The van der Waals surface area contributed by atoms with E-state index in [2.05, 4.69) is 20.9 Å². The third-order valence-corrected chi connectivity index (χ3v) is 5.57. The maximum atomic E-state index is 13.4. The summed E-state index contributed by atoms with van der Waals surface area (Å²) in [6, 6.07) is 8.74. The maximum absolute atomic E-state index is 13.4. The SMILES string of the molecule is O=C1N=c2ccc(Br)cc2=C1c1sc(=O)n(-c2ccc(F)c(Cl)c2)c1O. The van der Waals surface area contributed by atoms with Gasteiger partial charge in [0.15, 0.2) is 0 Å². The van der Waals surface area contributed by atoms with E-state index in [9.17, 15) is 19.1 Å². The summed E-state index contributed by atoms with van der Waals surface area (Å²) in [5.74, 6) is -1.61. The maximum Gasteiger partial charge on any atom is 0.315 e. The summed E-state index contributed by atoms with van der Waals surface area (Å²) in [7, 11) is 0. The number of carbonyl (C=O) groups excluding carboxylic acids is 1. The lowest BCUT2D eigenvalue weighted by molar-refractivity contribution is -0.112. The average molecular weight is 454 g/mol. The molecule has 9 heteroatoms. The molecule has 0 fully saturated rings. The van der Waals surface area contributed by atoms with E-state index in [4.69, 9.17) is 11.6 Å². The molecule has 4 rings (SSSR count). The summed E-state index contributed by atoms with van der Waals surface area (Å²) >= 11 is 9.80. The van der Waals surface area contributed by atoms with Gasteiger partial charge in [0.05, 0.1) is 21.6 Å². The Balaban J connectivity index is 2.00. The van der Waals surface area contributed by atoms with Crippen LogP contribution in [0.1, 0.15) is 4.88 Å². The monoisotopic (exact) mass is 452 g/mol. The van der Waals surface area contributed by atoms with E-state index in [-0.39, 0.29) is 21.2 Å². The zero-order chi connectivity index (χ0) is 18.6. The molecule has 1 aliphatic rings. The molecule has 0 atom stereocenters. The van der Waals surface area contributed by atoms with Gasteiger partial charge in [-0.3, -0.25) is 9.59 Å². The molecule has 1 aromatic heterocycles. The lowest BCUT2D eigenvalue weighted by Gasteiger charge is -2.05. The smallest absolute Gasteiger partial charge is 0.315 e. The van der Waals surface area contributed by atoms with E-state index in [0.717, 1.165) is 15.1 Å². The first-order valence-electron chi connectivity index (χ1n) is 7.20. The second-order valence-corrected chi connectivity index (χ2v) is 7.69. The molecular weight excluding hydrogens is 447 g/mol. The lowest BCUT2D eigenvalue weighted by Crippen LogP contribution is -2.22. The molecule has 0 saturated carbocycles. The van der Waals surface area contributed by atoms with Crippen LogP contribution in [-0.2, 0) is 4.79 Å². The molecule has 2 heterocycles. The second-order valence-electron chi connectivity index (χ2n) is 5.41. The van der Waals surface area contributed by atoms with Crippen LogP contribution in [0.25, 0.3) is 11.3 Å². The highest BCUT2D eigenvalue weighted by atomic mass is 79.9. The molecule has 1 aliphatic heterocycles. The van der Waals surface area contributed by atoms with Crippen LogP contribution in [-0.4, -0.2) is 15.6 Å². The Bertz CT molecular complexity index is 1280. The topological polar surface area (TPSA) is 71.7 Å². The van der Waals surface area contributed by atoms with Crippen LogP contribution in [0, 0.1) is 5.82 Å². The molecule has 130 valence electrons. The largest absolute Gasteiger partial charge is 0.493 e. The van der Waals surface area contributed by atoms with Gasteiger partial charge in [0, 0.05) is 9.69 Å². The van der Waals surface area contributed by atoms with Crippen molar-refractivity contribution in [3.8, 4) is 11.6 Å². The van der Waals surface area contributed by atoms with Crippen molar-refractivity contribution in [2.24, 2.45) is 4.99 Å². The van der Waals surface area contributed by atoms with Crippen molar-refractivity contribution in [2.45, 2.75) is 0 Å². The fourth-order valence-electron chi connectivity index (χ4n) is 2.69. The number of fused-ring (bicyclic) bond motifs is 1. The minimum absolute atomic E-state index is 0.0982. The number of hydrogen-bond donors (Lipinski definition) is 1. The summed E-state index contributed by atoms with van der Waals surface area (Å²) < 4.78 is 15.1. The van der Waals surface area contributed by atoms with Gasteiger partial charge in [0.1, 0.15) is 10.7 Å². The Hall–Kier alpha value is -2.29. The highest BCUT2D eigenvalue weighted by Gasteiger charge is 2.27. The van der Waals surface area contributed by atoms with E-state index < -0.39 is 22.5 Å².